The lowest BCUT2D eigenvalue weighted by Gasteiger charge is -2.34. The highest BCUT2D eigenvalue weighted by Crippen LogP contribution is 2.36. The number of benzene rings is 1. The summed E-state index contributed by atoms with van der Waals surface area (Å²) in [5.41, 5.74) is 0.244. The zero-order chi connectivity index (χ0) is 19.6. The van der Waals surface area contributed by atoms with Crippen molar-refractivity contribution in [3.63, 3.8) is 0 Å². The SMILES string of the molecule is O=C(N[C@H](CF)[C@@H](O)c1ccc(-c2cnc(C3(O)COC3)s2)cc1)C(Cl)Cl. The Labute approximate surface area is 168 Å². The van der Waals surface area contributed by atoms with Crippen molar-refractivity contribution < 1.29 is 24.1 Å². The monoisotopic (exact) mass is 434 g/mol. The second-order valence-electron chi connectivity index (χ2n) is 6.19. The number of nitrogens with one attached hydrogen (secondary N) is 1. The quantitative estimate of drug-likeness (QED) is 0.581. The molecule has 0 spiro atoms. The lowest BCUT2D eigenvalue weighted by molar-refractivity contribution is -0.184. The third kappa shape index (κ3) is 4.42. The summed E-state index contributed by atoms with van der Waals surface area (Å²) in [6.07, 6.45) is 0.401. The van der Waals surface area contributed by atoms with Gasteiger partial charge < -0.3 is 20.3 Å². The molecule has 1 aromatic carbocycles. The second kappa shape index (κ2) is 8.38. The Kier molecular flexibility index (Phi) is 6.35. The maximum Gasteiger partial charge on any atom is 0.253 e. The molecule has 2 aromatic rings. The van der Waals surface area contributed by atoms with Crippen LogP contribution >= 0.6 is 34.5 Å². The highest BCUT2D eigenvalue weighted by molar-refractivity contribution is 7.15. The van der Waals surface area contributed by atoms with E-state index in [-0.39, 0.29) is 13.2 Å². The minimum atomic E-state index is -1.34. The number of ether oxygens (including phenoxy) is 1. The fourth-order valence-corrected chi connectivity index (χ4v) is 3.67. The molecular formula is C17H17Cl2FN2O4S. The van der Waals surface area contributed by atoms with Gasteiger partial charge in [-0.05, 0) is 11.1 Å². The zero-order valence-corrected chi connectivity index (χ0v) is 16.3. The van der Waals surface area contributed by atoms with Crippen LogP contribution in [0.1, 0.15) is 16.7 Å². The Morgan fingerprint density at radius 2 is 2.04 bits per heavy atom. The zero-order valence-electron chi connectivity index (χ0n) is 13.9. The van der Waals surface area contributed by atoms with Crippen LogP contribution in [0.2, 0.25) is 0 Å². The number of carbonyl (C=O) groups excluding carboxylic acids is 1. The van der Waals surface area contributed by atoms with Crippen LogP contribution in [-0.4, -0.2) is 51.9 Å². The molecule has 3 rings (SSSR count). The summed E-state index contributed by atoms with van der Waals surface area (Å²) in [6, 6.07) is 5.61. The van der Waals surface area contributed by atoms with E-state index in [0.717, 1.165) is 10.4 Å². The van der Waals surface area contributed by atoms with Crippen LogP contribution in [0.4, 0.5) is 4.39 Å². The topological polar surface area (TPSA) is 91.7 Å². The molecule has 6 nitrogen and oxygen atoms in total. The van der Waals surface area contributed by atoms with Crippen molar-refractivity contribution in [3.05, 3.63) is 41.0 Å². The molecule has 1 aliphatic heterocycles. The molecule has 3 N–H and O–H groups in total. The molecule has 2 atom stereocenters. The van der Waals surface area contributed by atoms with Gasteiger partial charge in [0, 0.05) is 6.20 Å². The first kappa shape index (κ1) is 20.4. The number of halogens is 3. The van der Waals surface area contributed by atoms with E-state index in [4.69, 9.17) is 27.9 Å². The van der Waals surface area contributed by atoms with Crippen LogP contribution < -0.4 is 5.32 Å². The molecule has 1 aromatic heterocycles. The maximum atomic E-state index is 13.2. The number of nitrogens with zero attached hydrogens (tertiary/aromatic N) is 1. The number of hydrogen-bond acceptors (Lipinski definition) is 6. The molecule has 10 heteroatoms. The molecule has 0 aliphatic carbocycles. The van der Waals surface area contributed by atoms with Crippen molar-refractivity contribution in [3.8, 4) is 10.4 Å². The van der Waals surface area contributed by atoms with E-state index in [2.05, 4.69) is 10.3 Å². The van der Waals surface area contributed by atoms with Crippen LogP contribution in [0.15, 0.2) is 30.5 Å². The van der Waals surface area contributed by atoms with Gasteiger partial charge >= 0.3 is 0 Å². The number of carbonyl (C=O) groups is 1. The summed E-state index contributed by atoms with van der Waals surface area (Å²) in [4.78, 5) is 15.3. The smallest absolute Gasteiger partial charge is 0.253 e. The Bertz CT molecular complexity index is 798. The lowest BCUT2D eigenvalue weighted by Crippen LogP contribution is -2.46. The van der Waals surface area contributed by atoms with Gasteiger partial charge in [0.2, 0.25) is 0 Å². The van der Waals surface area contributed by atoms with E-state index >= 15 is 0 Å². The van der Waals surface area contributed by atoms with Gasteiger partial charge in [0.1, 0.15) is 17.8 Å². The van der Waals surface area contributed by atoms with Gasteiger partial charge in [-0.25, -0.2) is 9.37 Å². The van der Waals surface area contributed by atoms with Gasteiger partial charge in [0.05, 0.1) is 24.1 Å². The first-order valence-electron chi connectivity index (χ1n) is 8.03. The van der Waals surface area contributed by atoms with E-state index in [0.29, 0.717) is 10.6 Å². The first-order chi connectivity index (χ1) is 12.8. The molecule has 0 radical (unpaired) electrons. The summed E-state index contributed by atoms with van der Waals surface area (Å²) in [6.45, 7) is -0.520. The number of aromatic nitrogens is 1. The van der Waals surface area contributed by atoms with E-state index in [1.54, 1.807) is 30.5 Å². The molecule has 1 aliphatic rings. The number of alkyl halides is 3. The van der Waals surface area contributed by atoms with Gasteiger partial charge in [-0.1, -0.05) is 47.5 Å². The molecule has 146 valence electrons. The van der Waals surface area contributed by atoms with Crippen LogP contribution in [-0.2, 0) is 15.1 Å². The summed E-state index contributed by atoms with van der Waals surface area (Å²) < 4.78 is 18.3. The van der Waals surface area contributed by atoms with E-state index in [1.807, 2.05) is 0 Å². The Balaban J connectivity index is 1.71. The summed E-state index contributed by atoms with van der Waals surface area (Å²) in [7, 11) is 0. The maximum absolute atomic E-state index is 13.2. The van der Waals surface area contributed by atoms with Gasteiger partial charge in [0.15, 0.2) is 10.4 Å². The molecule has 1 fully saturated rings. The molecule has 27 heavy (non-hydrogen) atoms. The van der Waals surface area contributed by atoms with E-state index in [9.17, 15) is 19.4 Å². The number of aliphatic hydroxyl groups is 2. The average molecular weight is 435 g/mol. The predicted octanol–water partition coefficient (Wildman–Crippen LogP) is 2.32. The van der Waals surface area contributed by atoms with E-state index < -0.39 is 35.2 Å². The number of amides is 1. The van der Waals surface area contributed by atoms with Gasteiger partial charge in [0.25, 0.3) is 5.91 Å². The molecule has 0 bridgehead atoms. The average Bonchev–Trinajstić information content (AvgIpc) is 3.14. The van der Waals surface area contributed by atoms with Crippen molar-refractivity contribution in [2.24, 2.45) is 0 Å². The lowest BCUT2D eigenvalue weighted by atomic mass is 10.0. The molecule has 2 heterocycles. The second-order valence-corrected chi connectivity index (χ2v) is 8.32. The molecule has 0 saturated carbocycles. The fraction of sp³-hybridized carbons (Fsp3) is 0.412. The van der Waals surface area contributed by atoms with Crippen molar-refractivity contribution in [2.75, 3.05) is 19.9 Å². The minimum Gasteiger partial charge on any atom is -0.386 e. The molecule has 0 unspecified atom stereocenters. The fourth-order valence-electron chi connectivity index (χ4n) is 2.57. The minimum absolute atomic E-state index is 0.229. The normalized spacial score (nSPS) is 18.0. The van der Waals surface area contributed by atoms with Crippen molar-refractivity contribution in [1.29, 1.82) is 0 Å². The summed E-state index contributed by atoms with van der Waals surface area (Å²) in [5, 5.41) is 23.4. The van der Waals surface area contributed by atoms with Crippen molar-refractivity contribution in [2.45, 2.75) is 22.6 Å². The molecule has 1 saturated heterocycles. The first-order valence-corrected chi connectivity index (χ1v) is 9.72. The largest absolute Gasteiger partial charge is 0.386 e. The highest BCUT2D eigenvalue weighted by atomic mass is 35.5. The Morgan fingerprint density at radius 3 is 2.56 bits per heavy atom. The van der Waals surface area contributed by atoms with Crippen molar-refractivity contribution >= 4 is 40.4 Å². The van der Waals surface area contributed by atoms with Gasteiger partial charge in [-0.15, -0.1) is 11.3 Å². The van der Waals surface area contributed by atoms with Gasteiger partial charge in [-0.2, -0.15) is 0 Å². The standard InChI is InChI=1S/C17H17Cl2FN2O4S/c18-14(19)15(24)22-11(5-20)13(23)10-3-1-9(2-4-10)12-6-21-16(27-12)17(25)7-26-8-17/h1-4,6,11,13-14,23,25H,5,7-8H2,(H,22,24)/t11-,13+/m1/s1. The predicted molar refractivity (Wildman–Crippen MR) is 101 cm³/mol. The van der Waals surface area contributed by atoms with Crippen LogP contribution in [0.5, 0.6) is 0 Å². The van der Waals surface area contributed by atoms with Crippen LogP contribution in [0, 0.1) is 0 Å². The third-order valence-electron chi connectivity index (χ3n) is 4.20. The molecule has 1 amide bonds. The number of aliphatic hydroxyl groups excluding tert-OH is 1. The number of hydrogen-bond donors (Lipinski definition) is 3. The third-order valence-corrected chi connectivity index (χ3v) is 5.83. The number of rotatable bonds is 7. The Hall–Kier alpha value is -1.29. The van der Waals surface area contributed by atoms with Crippen LogP contribution in [0.3, 0.4) is 0 Å². The summed E-state index contributed by atoms with van der Waals surface area (Å²) >= 11 is 12.2. The van der Waals surface area contributed by atoms with Gasteiger partial charge in [-0.3, -0.25) is 4.79 Å². The Morgan fingerprint density at radius 1 is 1.37 bits per heavy atom. The summed E-state index contributed by atoms with van der Waals surface area (Å²) in [5.74, 6) is -0.772. The van der Waals surface area contributed by atoms with Crippen LogP contribution in [0.25, 0.3) is 10.4 Å². The molecular weight excluding hydrogens is 418 g/mol. The highest BCUT2D eigenvalue weighted by Gasteiger charge is 2.40. The number of thiazole rings is 1. The van der Waals surface area contributed by atoms with Crippen molar-refractivity contribution in [1.82, 2.24) is 10.3 Å². The van der Waals surface area contributed by atoms with E-state index in [1.165, 1.54) is 11.3 Å².